The van der Waals surface area contributed by atoms with Crippen molar-refractivity contribution in [3.8, 4) is 0 Å². The fourth-order valence-corrected chi connectivity index (χ4v) is 3.05. The molecule has 4 rings (SSSR count). The van der Waals surface area contributed by atoms with E-state index in [1.54, 1.807) is 23.8 Å². The maximum atomic E-state index is 12.8. The molecule has 1 aliphatic rings. The number of carbonyl (C=O) groups is 2. The summed E-state index contributed by atoms with van der Waals surface area (Å²) in [5.41, 5.74) is 2.18. The lowest BCUT2D eigenvalue weighted by atomic mass is 9.90. The molecule has 5 heteroatoms. The average molecular weight is 292 g/mol. The van der Waals surface area contributed by atoms with Gasteiger partial charge in [-0.3, -0.25) is 14.6 Å². The summed E-state index contributed by atoms with van der Waals surface area (Å²) in [5, 5.41) is 0.766. The SMILES string of the molecule is COCn1c2c(c3ccccc31)C(=O)c1cccnc1C2=O. The van der Waals surface area contributed by atoms with Gasteiger partial charge in [0.1, 0.15) is 18.1 Å². The molecule has 3 aromatic rings. The predicted molar refractivity (Wildman–Crippen MR) is 80.0 cm³/mol. The minimum atomic E-state index is -0.238. The monoisotopic (exact) mass is 292 g/mol. The molecule has 0 spiro atoms. The van der Waals surface area contributed by atoms with E-state index in [0.717, 1.165) is 10.9 Å². The number of rotatable bonds is 2. The lowest BCUT2D eigenvalue weighted by Crippen LogP contribution is -2.24. The number of nitrogens with zero attached hydrogens (tertiary/aromatic N) is 2. The number of fused-ring (bicyclic) bond motifs is 4. The maximum absolute atomic E-state index is 12.8. The number of para-hydroxylation sites is 1. The zero-order valence-corrected chi connectivity index (χ0v) is 11.9. The van der Waals surface area contributed by atoms with E-state index in [1.807, 2.05) is 24.3 Å². The van der Waals surface area contributed by atoms with E-state index in [9.17, 15) is 9.59 Å². The van der Waals surface area contributed by atoms with Gasteiger partial charge in [-0.25, -0.2) is 0 Å². The second kappa shape index (κ2) is 4.61. The van der Waals surface area contributed by atoms with Gasteiger partial charge in [0, 0.05) is 18.7 Å². The van der Waals surface area contributed by atoms with Crippen LogP contribution in [0.3, 0.4) is 0 Å². The van der Waals surface area contributed by atoms with Gasteiger partial charge in [0.2, 0.25) is 5.78 Å². The molecule has 0 aliphatic heterocycles. The second-order valence-electron chi connectivity index (χ2n) is 5.14. The van der Waals surface area contributed by atoms with Crippen LogP contribution < -0.4 is 0 Å². The summed E-state index contributed by atoms with van der Waals surface area (Å²) in [7, 11) is 1.56. The highest BCUT2D eigenvalue weighted by Gasteiger charge is 2.36. The third-order valence-electron chi connectivity index (χ3n) is 3.94. The van der Waals surface area contributed by atoms with E-state index >= 15 is 0 Å². The highest BCUT2D eigenvalue weighted by molar-refractivity contribution is 6.31. The summed E-state index contributed by atoms with van der Waals surface area (Å²) < 4.78 is 6.95. The summed E-state index contributed by atoms with van der Waals surface area (Å²) in [4.78, 5) is 29.8. The zero-order valence-electron chi connectivity index (χ0n) is 11.9. The molecule has 0 bridgehead atoms. The molecule has 108 valence electrons. The Hall–Kier alpha value is -2.79. The molecular weight excluding hydrogens is 280 g/mol. The van der Waals surface area contributed by atoms with E-state index in [0.29, 0.717) is 16.8 Å². The third kappa shape index (κ3) is 1.54. The molecule has 2 aromatic heterocycles. The van der Waals surface area contributed by atoms with Crippen LogP contribution in [0.15, 0.2) is 42.6 Å². The summed E-state index contributed by atoms with van der Waals surface area (Å²) in [6, 6.07) is 10.8. The summed E-state index contributed by atoms with van der Waals surface area (Å²) in [6.07, 6.45) is 1.53. The molecule has 0 amide bonds. The van der Waals surface area contributed by atoms with E-state index in [1.165, 1.54) is 6.20 Å². The standard InChI is InChI=1S/C17H12N2O3/c1-22-9-19-12-7-3-2-5-10(12)13-15(19)17(21)14-11(16(13)20)6-4-8-18-14/h2-8H,9H2,1H3. The van der Waals surface area contributed by atoms with Crippen molar-refractivity contribution in [3.05, 3.63) is 65.1 Å². The van der Waals surface area contributed by atoms with Gasteiger partial charge < -0.3 is 9.30 Å². The number of aromatic nitrogens is 2. The maximum Gasteiger partial charge on any atom is 0.229 e. The smallest absolute Gasteiger partial charge is 0.229 e. The molecule has 0 N–H and O–H groups in total. The molecular formula is C17H12N2O3. The molecule has 0 saturated heterocycles. The first-order valence-electron chi connectivity index (χ1n) is 6.88. The van der Waals surface area contributed by atoms with Gasteiger partial charge >= 0.3 is 0 Å². The fourth-order valence-electron chi connectivity index (χ4n) is 3.05. The van der Waals surface area contributed by atoms with Crippen LogP contribution in [-0.2, 0) is 11.5 Å². The highest BCUT2D eigenvalue weighted by Crippen LogP contribution is 2.34. The Morgan fingerprint density at radius 3 is 2.73 bits per heavy atom. The minimum absolute atomic E-state index is 0.163. The van der Waals surface area contributed by atoms with Gasteiger partial charge in [-0.05, 0) is 18.2 Å². The van der Waals surface area contributed by atoms with Crippen molar-refractivity contribution in [1.82, 2.24) is 9.55 Å². The fraction of sp³-hybridized carbons (Fsp3) is 0.118. The molecule has 0 unspecified atom stereocenters. The third-order valence-corrected chi connectivity index (χ3v) is 3.94. The van der Waals surface area contributed by atoms with Crippen molar-refractivity contribution in [1.29, 1.82) is 0 Å². The van der Waals surface area contributed by atoms with Gasteiger partial charge in [0.15, 0.2) is 5.78 Å². The Morgan fingerprint density at radius 1 is 1.09 bits per heavy atom. The van der Waals surface area contributed by atoms with Gasteiger partial charge in [-0.15, -0.1) is 0 Å². The molecule has 2 heterocycles. The number of ether oxygens (including phenoxy) is 1. The molecule has 0 saturated carbocycles. The van der Waals surface area contributed by atoms with Crippen LogP contribution in [0.25, 0.3) is 10.9 Å². The van der Waals surface area contributed by atoms with Crippen molar-refractivity contribution in [2.24, 2.45) is 0 Å². The Kier molecular flexibility index (Phi) is 2.71. The van der Waals surface area contributed by atoms with Gasteiger partial charge in [0.05, 0.1) is 16.6 Å². The number of pyridine rings is 1. The second-order valence-corrected chi connectivity index (χ2v) is 5.14. The molecule has 22 heavy (non-hydrogen) atoms. The molecule has 1 aliphatic carbocycles. The minimum Gasteiger partial charge on any atom is -0.364 e. The van der Waals surface area contributed by atoms with Gasteiger partial charge in [-0.2, -0.15) is 0 Å². The van der Waals surface area contributed by atoms with Gasteiger partial charge in [-0.1, -0.05) is 18.2 Å². The molecule has 0 fully saturated rings. The van der Waals surface area contributed by atoms with Crippen LogP contribution in [0, 0.1) is 0 Å². The van der Waals surface area contributed by atoms with Crippen molar-refractivity contribution in [3.63, 3.8) is 0 Å². The molecule has 0 radical (unpaired) electrons. The molecule has 0 atom stereocenters. The first kappa shape index (κ1) is 12.9. The number of carbonyl (C=O) groups excluding carboxylic acids is 2. The summed E-state index contributed by atoms with van der Waals surface area (Å²) in [5.74, 6) is -0.401. The lowest BCUT2D eigenvalue weighted by molar-refractivity contribution is 0.0947. The highest BCUT2D eigenvalue weighted by atomic mass is 16.5. The van der Waals surface area contributed by atoms with Crippen molar-refractivity contribution in [2.45, 2.75) is 6.73 Å². The van der Waals surface area contributed by atoms with Crippen LogP contribution in [0.4, 0.5) is 0 Å². The molecule has 1 aromatic carbocycles. The Morgan fingerprint density at radius 2 is 1.91 bits per heavy atom. The Bertz CT molecular complexity index is 940. The van der Waals surface area contributed by atoms with Crippen LogP contribution >= 0.6 is 0 Å². The number of hydrogen-bond donors (Lipinski definition) is 0. The Balaban J connectivity index is 2.13. The molecule has 5 nitrogen and oxygen atoms in total. The van der Waals surface area contributed by atoms with Crippen LogP contribution in [-0.4, -0.2) is 28.2 Å². The summed E-state index contributed by atoms with van der Waals surface area (Å²) >= 11 is 0. The normalized spacial score (nSPS) is 13.3. The topological polar surface area (TPSA) is 61.2 Å². The zero-order chi connectivity index (χ0) is 15.3. The number of methoxy groups -OCH3 is 1. The van der Waals surface area contributed by atoms with E-state index < -0.39 is 0 Å². The number of benzene rings is 1. The van der Waals surface area contributed by atoms with E-state index in [4.69, 9.17) is 4.74 Å². The first-order chi connectivity index (χ1) is 10.7. The van der Waals surface area contributed by atoms with Crippen LogP contribution in [0.5, 0.6) is 0 Å². The predicted octanol–water partition coefficient (Wildman–Crippen LogP) is 2.42. The average Bonchev–Trinajstić information content (AvgIpc) is 2.88. The quantitative estimate of drug-likeness (QED) is 0.569. The van der Waals surface area contributed by atoms with Crippen molar-refractivity contribution >= 4 is 22.5 Å². The number of hydrogen-bond acceptors (Lipinski definition) is 4. The van der Waals surface area contributed by atoms with Crippen molar-refractivity contribution < 1.29 is 14.3 Å². The Labute approximate surface area is 126 Å². The first-order valence-corrected chi connectivity index (χ1v) is 6.88. The van der Waals surface area contributed by atoms with Crippen LogP contribution in [0.2, 0.25) is 0 Å². The van der Waals surface area contributed by atoms with Crippen LogP contribution in [0.1, 0.15) is 32.1 Å². The lowest BCUT2D eigenvalue weighted by Gasteiger charge is -2.15. The van der Waals surface area contributed by atoms with E-state index in [-0.39, 0.29) is 24.0 Å². The van der Waals surface area contributed by atoms with E-state index in [2.05, 4.69) is 4.98 Å². The largest absolute Gasteiger partial charge is 0.364 e. The van der Waals surface area contributed by atoms with Crippen molar-refractivity contribution in [2.75, 3.05) is 7.11 Å². The summed E-state index contributed by atoms with van der Waals surface area (Å²) in [6.45, 7) is 0.205. The van der Waals surface area contributed by atoms with Gasteiger partial charge in [0.25, 0.3) is 0 Å². The number of ketones is 2.